The second kappa shape index (κ2) is 6.83. The van der Waals surface area contributed by atoms with Crippen LogP contribution in [0.2, 0.25) is 0 Å². The number of hydrogen-bond acceptors (Lipinski definition) is 3. The van der Waals surface area contributed by atoms with Gasteiger partial charge in [0.1, 0.15) is 0 Å². The molecule has 1 saturated carbocycles. The average Bonchev–Trinajstić information content (AvgIpc) is 2.41. The standard InChI is InChI=1S/C12H23NO2/c1-3-15-12(14)9-13-11-8-6-4-5-7-10(11)2/h10-11,13H,3-9H2,1-2H3. The van der Waals surface area contributed by atoms with Crippen molar-refractivity contribution in [3.05, 3.63) is 0 Å². The lowest BCUT2D eigenvalue weighted by Gasteiger charge is -2.22. The minimum atomic E-state index is -0.131. The van der Waals surface area contributed by atoms with E-state index in [0.717, 1.165) is 0 Å². The predicted octanol–water partition coefficient (Wildman–Crippen LogP) is 2.11. The zero-order valence-corrected chi connectivity index (χ0v) is 9.92. The van der Waals surface area contributed by atoms with Crippen molar-refractivity contribution in [3.63, 3.8) is 0 Å². The molecule has 1 fully saturated rings. The maximum atomic E-state index is 11.2. The Morgan fingerprint density at radius 3 is 2.80 bits per heavy atom. The van der Waals surface area contributed by atoms with E-state index in [1.54, 1.807) is 0 Å². The van der Waals surface area contributed by atoms with Crippen molar-refractivity contribution in [2.75, 3.05) is 13.2 Å². The number of ether oxygens (including phenoxy) is 1. The van der Waals surface area contributed by atoms with Crippen LogP contribution in [0, 0.1) is 5.92 Å². The van der Waals surface area contributed by atoms with Crippen molar-refractivity contribution < 1.29 is 9.53 Å². The molecule has 0 saturated heterocycles. The molecule has 3 heteroatoms. The number of hydrogen-bond donors (Lipinski definition) is 1. The minimum absolute atomic E-state index is 0.131. The molecule has 15 heavy (non-hydrogen) atoms. The van der Waals surface area contributed by atoms with Crippen LogP contribution in [0.4, 0.5) is 0 Å². The number of carbonyl (C=O) groups is 1. The second-order valence-electron chi connectivity index (χ2n) is 4.41. The first kappa shape index (κ1) is 12.5. The molecule has 3 nitrogen and oxygen atoms in total. The van der Waals surface area contributed by atoms with Gasteiger partial charge in [-0.25, -0.2) is 0 Å². The van der Waals surface area contributed by atoms with Gasteiger partial charge in [0, 0.05) is 6.04 Å². The van der Waals surface area contributed by atoms with Crippen LogP contribution in [0.25, 0.3) is 0 Å². The van der Waals surface area contributed by atoms with E-state index in [1.807, 2.05) is 6.92 Å². The van der Waals surface area contributed by atoms with Crippen molar-refractivity contribution in [3.8, 4) is 0 Å². The molecule has 0 aliphatic heterocycles. The maximum absolute atomic E-state index is 11.2. The van der Waals surface area contributed by atoms with Crippen molar-refractivity contribution in [2.24, 2.45) is 5.92 Å². The summed E-state index contributed by atoms with van der Waals surface area (Å²) in [6, 6.07) is 0.497. The number of nitrogens with one attached hydrogen (secondary N) is 1. The fraction of sp³-hybridized carbons (Fsp3) is 0.917. The van der Waals surface area contributed by atoms with Gasteiger partial charge in [0.05, 0.1) is 13.2 Å². The van der Waals surface area contributed by atoms with Crippen LogP contribution in [-0.4, -0.2) is 25.2 Å². The van der Waals surface area contributed by atoms with Crippen LogP contribution >= 0.6 is 0 Å². The molecule has 0 aromatic carbocycles. The lowest BCUT2D eigenvalue weighted by Crippen LogP contribution is -2.38. The first-order valence-electron chi connectivity index (χ1n) is 6.13. The Bertz CT molecular complexity index is 194. The van der Waals surface area contributed by atoms with Gasteiger partial charge in [0.2, 0.25) is 0 Å². The Morgan fingerprint density at radius 2 is 2.07 bits per heavy atom. The van der Waals surface area contributed by atoms with Crippen molar-refractivity contribution >= 4 is 5.97 Å². The molecule has 1 aliphatic rings. The topological polar surface area (TPSA) is 38.3 Å². The quantitative estimate of drug-likeness (QED) is 0.574. The molecule has 88 valence electrons. The Kier molecular flexibility index (Phi) is 5.69. The lowest BCUT2D eigenvalue weighted by atomic mass is 9.97. The van der Waals surface area contributed by atoms with E-state index in [1.165, 1.54) is 32.1 Å². The zero-order valence-electron chi connectivity index (χ0n) is 9.92. The molecule has 0 amide bonds. The Morgan fingerprint density at radius 1 is 1.33 bits per heavy atom. The summed E-state index contributed by atoms with van der Waals surface area (Å²) in [6.45, 7) is 4.95. The first-order valence-corrected chi connectivity index (χ1v) is 6.13. The SMILES string of the molecule is CCOC(=O)CNC1CCCCCC1C. The summed E-state index contributed by atoms with van der Waals surface area (Å²) >= 11 is 0. The molecule has 1 rings (SSSR count). The fourth-order valence-electron chi connectivity index (χ4n) is 2.22. The highest BCUT2D eigenvalue weighted by Gasteiger charge is 2.19. The molecule has 0 radical (unpaired) electrons. The third-order valence-corrected chi connectivity index (χ3v) is 3.18. The minimum Gasteiger partial charge on any atom is -0.465 e. The van der Waals surface area contributed by atoms with Crippen LogP contribution in [0.1, 0.15) is 46.0 Å². The van der Waals surface area contributed by atoms with E-state index in [2.05, 4.69) is 12.2 Å². The van der Waals surface area contributed by atoms with Gasteiger partial charge in [-0.1, -0.05) is 26.2 Å². The third kappa shape index (κ3) is 4.65. The van der Waals surface area contributed by atoms with E-state index >= 15 is 0 Å². The Hall–Kier alpha value is -0.570. The zero-order chi connectivity index (χ0) is 11.1. The van der Waals surface area contributed by atoms with Gasteiger partial charge in [-0.2, -0.15) is 0 Å². The van der Waals surface area contributed by atoms with Crippen LogP contribution in [0.5, 0.6) is 0 Å². The van der Waals surface area contributed by atoms with Crippen LogP contribution in [-0.2, 0) is 9.53 Å². The summed E-state index contributed by atoms with van der Waals surface area (Å²) in [4.78, 5) is 11.2. The summed E-state index contributed by atoms with van der Waals surface area (Å²) < 4.78 is 4.90. The third-order valence-electron chi connectivity index (χ3n) is 3.18. The normalized spacial score (nSPS) is 27.1. The number of esters is 1. The summed E-state index contributed by atoms with van der Waals surface area (Å²) in [5.74, 6) is 0.552. The van der Waals surface area contributed by atoms with Crippen LogP contribution in [0.3, 0.4) is 0 Å². The molecular weight excluding hydrogens is 190 g/mol. The molecule has 1 N–H and O–H groups in total. The largest absolute Gasteiger partial charge is 0.465 e. The van der Waals surface area contributed by atoms with Gasteiger partial charge in [0.15, 0.2) is 0 Å². The molecule has 1 aliphatic carbocycles. The molecular formula is C12H23NO2. The molecule has 0 spiro atoms. The summed E-state index contributed by atoms with van der Waals surface area (Å²) in [5, 5.41) is 3.32. The first-order chi connectivity index (χ1) is 7.24. The van der Waals surface area contributed by atoms with E-state index in [4.69, 9.17) is 4.74 Å². The van der Waals surface area contributed by atoms with Gasteiger partial charge in [0.25, 0.3) is 0 Å². The summed E-state index contributed by atoms with van der Waals surface area (Å²) in [7, 11) is 0. The van der Waals surface area contributed by atoms with Gasteiger partial charge in [-0.15, -0.1) is 0 Å². The molecule has 2 atom stereocenters. The van der Waals surface area contributed by atoms with Crippen LogP contribution in [0.15, 0.2) is 0 Å². The van der Waals surface area contributed by atoms with E-state index in [-0.39, 0.29) is 5.97 Å². The van der Waals surface area contributed by atoms with Crippen LogP contribution < -0.4 is 5.32 Å². The molecule has 0 bridgehead atoms. The summed E-state index contributed by atoms with van der Waals surface area (Å²) in [6.07, 6.45) is 6.42. The summed E-state index contributed by atoms with van der Waals surface area (Å²) in [5.41, 5.74) is 0. The molecule has 0 aromatic heterocycles. The number of carbonyl (C=O) groups excluding carboxylic acids is 1. The maximum Gasteiger partial charge on any atom is 0.319 e. The fourth-order valence-corrected chi connectivity index (χ4v) is 2.22. The lowest BCUT2D eigenvalue weighted by molar-refractivity contribution is -0.142. The second-order valence-corrected chi connectivity index (χ2v) is 4.41. The van der Waals surface area contributed by atoms with E-state index in [9.17, 15) is 4.79 Å². The Labute approximate surface area is 92.6 Å². The average molecular weight is 213 g/mol. The highest BCUT2D eigenvalue weighted by Crippen LogP contribution is 2.22. The van der Waals surface area contributed by atoms with Crippen molar-refractivity contribution in [1.82, 2.24) is 5.32 Å². The van der Waals surface area contributed by atoms with Gasteiger partial charge in [-0.05, 0) is 25.7 Å². The number of rotatable bonds is 4. The van der Waals surface area contributed by atoms with Gasteiger partial charge < -0.3 is 10.1 Å². The van der Waals surface area contributed by atoms with Crippen molar-refractivity contribution in [2.45, 2.75) is 52.0 Å². The monoisotopic (exact) mass is 213 g/mol. The Balaban J connectivity index is 2.25. The highest BCUT2D eigenvalue weighted by atomic mass is 16.5. The molecule has 2 unspecified atom stereocenters. The highest BCUT2D eigenvalue weighted by molar-refractivity contribution is 5.71. The van der Waals surface area contributed by atoms with Crippen molar-refractivity contribution in [1.29, 1.82) is 0 Å². The predicted molar refractivity (Wildman–Crippen MR) is 60.7 cm³/mol. The van der Waals surface area contributed by atoms with Gasteiger partial charge >= 0.3 is 5.97 Å². The smallest absolute Gasteiger partial charge is 0.319 e. The molecule has 0 heterocycles. The van der Waals surface area contributed by atoms with E-state index < -0.39 is 0 Å². The van der Waals surface area contributed by atoms with E-state index in [0.29, 0.717) is 25.1 Å². The van der Waals surface area contributed by atoms with Gasteiger partial charge in [-0.3, -0.25) is 4.79 Å². The molecule has 0 aromatic rings.